The van der Waals surface area contributed by atoms with Gasteiger partial charge in [0.1, 0.15) is 4.83 Å². The molecule has 0 saturated heterocycles. The van der Waals surface area contributed by atoms with Crippen LogP contribution < -0.4 is 5.56 Å². The summed E-state index contributed by atoms with van der Waals surface area (Å²) in [5.41, 5.74) is -0.110. The molecule has 0 aromatic carbocycles. The second-order valence-electron chi connectivity index (χ2n) is 5.09. The number of amides is 1. The van der Waals surface area contributed by atoms with Crippen LogP contribution in [0.3, 0.4) is 0 Å². The predicted molar refractivity (Wildman–Crippen MR) is 82.4 cm³/mol. The molecule has 2 aromatic rings. The smallest absolute Gasteiger partial charge is 0.262 e. The Bertz CT molecular complexity index is 677. The Hall–Kier alpha value is -1.73. The van der Waals surface area contributed by atoms with Crippen molar-refractivity contribution < 1.29 is 9.90 Å². The zero-order chi connectivity index (χ0) is 15.4. The van der Waals surface area contributed by atoms with E-state index in [0.717, 1.165) is 4.83 Å². The van der Waals surface area contributed by atoms with Crippen molar-refractivity contribution in [2.75, 3.05) is 13.6 Å². The van der Waals surface area contributed by atoms with Crippen LogP contribution in [-0.4, -0.2) is 45.2 Å². The van der Waals surface area contributed by atoms with E-state index in [1.807, 2.05) is 5.38 Å². The van der Waals surface area contributed by atoms with Crippen LogP contribution in [-0.2, 0) is 11.3 Å². The first-order valence-electron chi connectivity index (χ1n) is 6.83. The molecule has 2 rings (SSSR count). The van der Waals surface area contributed by atoms with Crippen LogP contribution in [0.15, 0.2) is 22.6 Å². The first-order chi connectivity index (χ1) is 9.99. The average Bonchev–Trinajstić information content (AvgIpc) is 2.93. The molecular formula is C14H19N3O3S. The lowest BCUT2D eigenvalue weighted by Gasteiger charge is -2.18. The third kappa shape index (κ3) is 3.89. The summed E-state index contributed by atoms with van der Waals surface area (Å²) in [6, 6.07) is 1.75. The number of rotatable bonds is 6. The number of fused-ring (bicyclic) bond motifs is 1. The molecule has 114 valence electrons. The van der Waals surface area contributed by atoms with Gasteiger partial charge in [0.2, 0.25) is 5.91 Å². The van der Waals surface area contributed by atoms with Gasteiger partial charge in [0.25, 0.3) is 5.56 Å². The van der Waals surface area contributed by atoms with Crippen LogP contribution in [0.2, 0.25) is 0 Å². The van der Waals surface area contributed by atoms with Gasteiger partial charge in [-0.15, -0.1) is 11.3 Å². The summed E-state index contributed by atoms with van der Waals surface area (Å²) in [6.45, 7) is 2.52. The summed E-state index contributed by atoms with van der Waals surface area (Å²) >= 11 is 1.43. The Morgan fingerprint density at radius 1 is 1.57 bits per heavy atom. The number of thiophene rings is 1. The zero-order valence-corrected chi connectivity index (χ0v) is 13.0. The number of hydrogen-bond donors (Lipinski definition) is 1. The highest BCUT2D eigenvalue weighted by molar-refractivity contribution is 7.16. The molecule has 0 aliphatic rings. The van der Waals surface area contributed by atoms with E-state index < -0.39 is 6.10 Å². The van der Waals surface area contributed by atoms with Crippen LogP contribution in [0.1, 0.15) is 19.8 Å². The minimum atomic E-state index is -0.423. The van der Waals surface area contributed by atoms with Gasteiger partial charge in [-0.1, -0.05) is 0 Å². The molecule has 1 unspecified atom stereocenters. The van der Waals surface area contributed by atoms with Crippen molar-refractivity contribution in [3.63, 3.8) is 0 Å². The summed E-state index contributed by atoms with van der Waals surface area (Å²) in [7, 11) is 1.70. The quantitative estimate of drug-likeness (QED) is 0.866. The number of nitrogens with zero attached hydrogens (tertiary/aromatic N) is 3. The first-order valence-corrected chi connectivity index (χ1v) is 7.71. The number of hydrogen-bond acceptors (Lipinski definition) is 5. The van der Waals surface area contributed by atoms with Gasteiger partial charge >= 0.3 is 0 Å². The molecule has 0 radical (unpaired) electrons. The highest BCUT2D eigenvalue weighted by atomic mass is 32.1. The van der Waals surface area contributed by atoms with E-state index >= 15 is 0 Å². The maximum atomic E-state index is 12.2. The van der Waals surface area contributed by atoms with Crippen LogP contribution in [0.5, 0.6) is 0 Å². The number of carbonyl (C=O) groups excluding carboxylic acids is 1. The molecule has 2 aromatic heterocycles. The van der Waals surface area contributed by atoms with E-state index in [4.69, 9.17) is 0 Å². The summed E-state index contributed by atoms with van der Waals surface area (Å²) in [5.74, 6) is -0.0482. The predicted octanol–water partition coefficient (Wildman–Crippen LogP) is 1.08. The molecule has 0 aliphatic heterocycles. The van der Waals surface area contributed by atoms with Crippen molar-refractivity contribution in [2.24, 2.45) is 0 Å². The monoisotopic (exact) mass is 309 g/mol. The highest BCUT2D eigenvalue weighted by Gasteiger charge is 2.11. The van der Waals surface area contributed by atoms with Crippen molar-refractivity contribution in [3.8, 4) is 0 Å². The highest BCUT2D eigenvalue weighted by Crippen LogP contribution is 2.13. The fourth-order valence-corrected chi connectivity index (χ4v) is 2.69. The second-order valence-corrected chi connectivity index (χ2v) is 5.98. The van der Waals surface area contributed by atoms with E-state index in [1.54, 1.807) is 24.9 Å². The standard InChI is InChI=1S/C14H19N3O3S/c1-10(18)3-6-16(2)12(19)4-7-17-9-15-13-11(14(17)20)5-8-21-13/h5,8-10,18H,3-4,6-7H2,1-2H3. The Labute approximate surface area is 126 Å². The summed E-state index contributed by atoms with van der Waals surface area (Å²) in [6.07, 6.45) is 1.86. The van der Waals surface area contributed by atoms with E-state index in [2.05, 4.69) is 4.98 Å². The van der Waals surface area contributed by atoms with E-state index in [-0.39, 0.29) is 17.9 Å². The normalized spacial score (nSPS) is 12.5. The van der Waals surface area contributed by atoms with Crippen molar-refractivity contribution in [3.05, 3.63) is 28.1 Å². The number of aromatic nitrogens is 2. The third-order valence-corrected chi connectivity index (χ3v) is 4.15. The maximum Gasteiger partial charge on any atom is 0.262 e. The molecule has 2 heterocycles. The Morgan fingerprint density at radius 3 is 3.05 bits per heavy atom. The molecule has 21 heavy (non-hydrogen) atoms. The molecule has 1 amide bonds. The summed E-state index contributed by atoms with van der Waals surface area (Å²) < 4.78 is 1.47. The van der Waals surface area contributed by atoms with E-state index in [0.29, 0.717) is 24.9 Å². The lowest BCUT2D eigenvalue weighted by molar-refractivity contribution is -0.130. The molecule has 0 bridgehead atoms. The first kappa shape index (κ1) is 15.7. The molecule has 0 fully saturated rings. The van der Waals surface area contributed by atoms with Crippen LogP contribution in [0.25, 0.3) is 10.2 Å². The minimum Gasteiger partial charge on any atom is -0.393 e. The molecule has 0 spiro atoms. The number of aliphatic hydroxyl groups is 1. The molecular weight excluding hydrogens is 290 g/mol. The van der Waals surface area contributed by atoms with Gasteiger partial charge in [0, 0.05) is 26.6 Å². The van der Waals surface area contributed by atoms with E-state index in [9.17, 15) is 14.7 Å². The molecule has 0 aliphatic carbocycles. The van der Waals surface area contributed by atoms with Crippen LogP contribution in [0.4, 0.5) is 0 Å². The second kappa shape index (κ2) is 6.82. The molecule has 6 nitrogen and oxygen atoms in total. The third-order valence-electron chi connectivity index (χ3n) is 3.33. The van der Waals surface area contributed by atoms with Crippen molar-refractivity contribution in [1.82, 2.24) is 14.5 Å². The average molecular weight is 309 g/mol. The Balaban J connectivity index is 1.96. The summed E-state index contributed by atoms with van der Waals surface area (Å²) in [4.78, 5) is 30.6. The van der Waals surface area contributed by atoms with Gasteiger partial charge in [-0.25, -0.2) is 4.98 Å². The fourth-order valence-electron chi connectivity index (χ4n) is 1.96. The molecule has 1 N–H and O–H groups in total. The number of aryl methyl sites for hydroxylation is 1. The lowest BCUT2D eigenvalue weighted by Crippen LogP contribution is -2.31. The largest absolute Gasteiger partial charge is 0.393 e. The number of carbonyl (C=O) groups is 1. The van der Waals surface area contributed by atoms with Gasteiger partial charge in [-0.05, 0) is 24.8 Å². The Morgan fingerprint density at radius 2 is 2.33 bits per heavy atom. The van der Waals surface area contributed by atoms with Gasteiger partial charge < -0.3 is 10.0 Å². The SMILES string of the molecule is CC(O)CCN(C)C(=O)CCn1cnc2sccc2c1=O. The maximum absolute atomic E-state index is 12.2. The molecule has 1 atom stereocenters. The van der Waals surface area contributed by atoms with Crippen molar-refractivity contribution in [1.29, 1.82) is 0 Å². The van der Waals surface area contributed by atoms with Gasteiger partial charge in [0.15, 0.2) is 0 Å². The Kier molecular flexibility index (Phi) is 5.08. The van der Waals surface area contributed by atoms with Gasteiger partial charge in [-0.3, -0.25) is 14.2 Å². The van der Waals surface area contributed by atoms with Gasteiger partial charge in [0.05, 0.1) is 17.8 Å². The topological polar surface area (TPSA) is 75.4 Å². The van der Waals surface area contributed by atoms with Crippen LogP contribution >= 0.6 is 11.3 Å². The number of aliphatic hydroxyl groups excluding tert-OH is 1. The minimum absolute atomic E-state index is 0.0482. The van der Waals surface area contributed by atoms with Crippen molar-refractivity contribution in [2.45, 2.75) is 32.4 Å². The van der Waals surface area contributed by atoms with Crippen molar-refractivity contribution >= 4 is 27.5 Å². The zero-order valence-electron chi connectivity index (χ0n) is 12.2. The van der Waals surface area contributed by atoms with Crippen LogP contribution in [0, 0.1) is 0 Å². The molecule has 7 heteroatoms. The van der Waals surface area contributed by atoms with E-state index in [1.165, 1.54) is 22.2 Å². The lowest BCUT2D eigenvalue weighted by atomic mass is 10.2. The van der Waals surface area contributed by atoms with Gasteiger partial charge in [-0.2, -0.15) is 0 Å². The molecule has 0 saturated carbocycles. The summed E-state index contributed by atoms with van der Waals surface area (Å²) in [5, 5.41) is 11.6. The fraction of sp³-hybridized carbons (Fsp3) is 0.500.